The Kier molecular flexibility index (Phi) is 5.28. The van der Waals surface area contributed by atoms with E-state index in [1.54, 1.807) is 0 Å². The highest BCUT2D eigenvalue weighted by Gasteiger charge is 2.22. The Morgan fingerprint density at radius 2 is 1.50 bits per heavy atom. The molecule has 0 radical (unpaired) electrons. The molecule has 3 nitrogen and oxygen atoms in total. The first kappa shape index (κ1) is 10.8. The summed E-state index contributed by atoms with van der Waals surface area (Å²) in [5, 5.41) is 19.2. The molecule has 1 rings (SSSR count). The lowest BCUT2D eigenvalue weighted by Crippen LogP contribution is -2.47. The first-order valence-electron chi connectivity index (χ1n) is 11.5. The summed E-state index contributed by atoms with van der Waals surface area (Å²) in [5.74, 6) is 0. The fraction of sp³-hybridized carbons (Fsp3) is 0.684. The maximum atomic E-state index is 9.59. The topological polar surface area (TPSA) is 66.5 Å². The van der Waals surface area contributed by atoms with Crippen molar-refractivity contribution in [2.24, 2.45) is 5.73 Å². The van der Waals surface area contributed by atoms with Gasteiger partial charge in [-0.3, -0.25) is 0 Å². The van der Waals surface area contributed by atoms with Crippen molar-refractivity contribution in [3.8, 4) is 0 Å². The first-order chi connectivity index (χ1) is 13.2. The van der Waals surface area contributed by atoms with Gasteiger partial charge in [0, 0.05) is 4.11 Å². The maximum absolute atomic E-state index is 9.59. The predicted molar refractivity (Wildman–Crippen MR) is 92.9 cm³/mol. The third-order valence-corrected chi connectivity index (χ3v) is 3.87. The minimum Gasteiger partial charge on any atom is -0.394 e. The van der Waals surface area contributed by atoms with Gasteiger partial charge in [-0.15, -0.1) is 0 Å². The van der Waals surface area contributed by atoms with Crippen LogP contribution in [0.25, 0.3) is 0 Å². The SMILES string of the molecule is [2H]C([2H])([2H])CCCCCCCc1ccc(CCC(N)(C([2H])([2H])O)C([2H])([2H])O)cc1. The molecule has 0 heterocycles. The van der Waals surface area contributed by atoms with Crippen molar-refractivity contribution in [2.75, 3.05) is 13.1 Å². The summed E-state index contributed by atoms with van der Waals surface area (Å²) in [6.45, 7) is -7.98. The Balaban J connectivity index is 2.42. The molecule has 0 atom stereocenters. The second-order valence-corrected chi connectivity index (χ2v) is 5.78. The van der Waals surface area contributed by atoms with Gasteiger partial charge < -0.3 is 15.9 Å². The highest BCUT2D eigenvalue weighted by atomic mass is 16.3. The molecule has 3 heteroatoms. The van der Waals surface area contributed by atoms with Crippen LogP contribution < -0.4 is 5.73 Å². The van der Waals surface area contributed by atoms with Crippen LogP contribution in [-0.2, 0) is 12.8 Å². The van der Waals surface area contributed by atoms with E-state index in [0.29, 0.717) is 0 Å². The van der Waals surface area contributed by atoms with E-state index in [-0.39, 0.29) is 19.3 Å². The standard InChI is InChI=1S/C19H33NO2/c1-2-3-4-5-6-7-8-17-9-11-18(12-10-17)13-14-19(20,15-21)16-22/h9-12,21-22H,2-8,13-16,20H2,1H3/i1D3,15D2,16D2. The number of hydrogen-bond acceptors (Lipinski definition) is 3. The molecule has 0 unspecified atom stereocenters. The van der Waals surface area contributed by atoms with Gasteiger partial charge in [-0.2, -0.15) is 0 Å². The molecule has 0 saturated carbocycles. The fourth-order valence-corrected chi connectivity index (χ4v) is 2.34. The van der Waals surface area contributed by atoms with Gasteiger partial charge in [-0.1, -0.05) is 63.2 Å². The molecule has 0 spiro atoms. The number of hydrogen-bond donors (Lipinski definition) is 3. The van der Waals surface area contributed by atoms with E-state index >= 15 is 0 Å². The number of rotatable bonds is 12. The number of benzene rings is 1. The highest BCUT2D eigenvalue weighted by Crippen LogP contribution is 2.14. The van der Waals surface area contributed by atoms with Crippen LogP contribution in [0.1, 0.15) is 72.5 Å². The number of unbranched alkanes of at least 4 members (excludes halogenated alkanes) is 4. The van der Waals surface area contributed by atoms with Crippen LogP contribution in [0.4, 0.5) is 0 Å². The van der Waals surface area contributed by atoms with Crippen LogP contribution in [0, 0.1) is 0 Å². The quantitative estimate of drug-likeness (QED) is 0.519. The van der Waals surface area contributed by atoms with Crippen LogP contribution in [0.3, 0.4) is 0 Å². The summed E-state index contributed by atoms with van der Waals surface area (Å²) in [7, 11) is 0. The molecule has 0 aliphatic carbocycles. The van der Waals surface area contributed by atoms with Gasteiger partial charge in [-0.05, 0) is 36.8 Å². The van der Waals surface area contributed by atoms with Gasteiger partial charge in [0.2, 0.25) is 0 Å². The summed E-state index contributed by atoms with van der Waals surface area (Å²) in [5.41, 5.74) is 5.19. The molecule has 0 fully saturated rings. The lowest BCUT2D eigenvalue weighted by molar-refractivity contribution is 0.115. The van der Waals surface area contributed by atoms with Crippen LogP contribution in [0.15, 0.2) is 24.3 Å². The molecule has 126 valence electrons. The Bertz CT molecular complexity index is 593. The summed E-state index contributed by atoms with van der Waals surface area (Å²) < 4.78 is 51.0. The van der Waals surface area contributed by atoms with Crippen molar-refractivity contribution < 1.29 is 19.8 Å². The molecule has 0 aromatic heterocycles. The van der Waals surface area contributed by atoms with Crippen LogP contribution in [-0.4, -0.2) is 28.9 Å². The van der Waals surface area contributed by atoms with E-state index in [2.05, 4.69) is 0 Å². The van der Waals surface area contributed by atoms with E-state index in [1.807, 2.05) is 24.3 Å². The average molecular weight is 315 g/mol. The number of nitrogens with two attached hydrogens (primary N) is 1. The summed E-state index contributed by atoms with van der Waals surface area (Å²) in [6, 6.07) is 7.60. The largest absolute Gasteiger partial charge is 0.394 e. The Labute approximate surface area is 145 Å². The zero-order chi connectivity index (χ0) is 22.3. The number of aliphatic hydroxyl groups is 2. The number of aryl methyl sites for hydroxylation is 2. The molecule has 0 saturated heterocycles. The van der Waals surface area contributed by atoms with Crippen LogP contribution in [0.5, 0.6) is 0 Å². The first-order valence-corrected chi connectivity index (χ1v) is 7.97. The molecular weight excluding hydrogens is 274 g/mol. The van der Waals surface area contributed by atoms with Crippen molar-refractivity contribution in [1.82, 2.24) is 0 Å². The summed E-state index contributed by atoms with van der Waals surface area (Å²) in [6.07, 6.45) is 5.83. The van der Waals surface area contributed by atoms with Crippen LogP contribution >= 0.6 is 0 Å². The molecular formula is C19H33NO2. The summed E-state index contributed by atoms with van der Waals surface area (Å²) >= 11 is 0. The molecule has 0 aliphatic rings. The van der Waals surface area contributed by atoms with E-state index in [1.165, 1.54) is 0 Å². The average Bonchev–Trinajstić information content (AvgIpc) is 2.57. The highest BCUT2D eigenvalue weighted by molar-refractivity contribution is 5.23. The van der Waals surface area contributed by atoms with Crippen molar-refractivity contribution in [2.45, 2.75) is 70.2 Å². The van der Waals surface area contributed by atoms with E-state index in [4.69, 9.17) is 15.3 Å². The third-order valence-electron chi connectivity index (χ3n) is 3.87. The predicted octanol–water partition coefficient (Wildman–Crippen LogP) is 3.20. The second-order valence-electron chi connectivity index (χ2n) is 5.78. The zero-order valence-corrected chi connectivity index (χ0v) is 13.1. The molecule has 1 aromatic carbocycles. The molecule has 22 heavy (non-hydrogen) atoms. The van der Waals surface area contributed by atoms with Gasteiger partial charge in [0.25, 0.3) is 0 Å². The smallest absolute Gasteiger partial charge is 0.0633 e. The second kappa shape index (κ2) is 10.8. The Morgan fingerprint density at radius 3 is 2.09 bits per heavy atom. The van der Waals surface area contributed by atoms with Crippen molar-refractivity contribution in [3.05, 3.63) is 35.4 Å². The van der Waals surface area contributed by atoms with Gasteiger partial charge in [0.05, 0.1) is 24.1 Å². The molecule has 0 bridgehead atoms. The maximum Gasteiger partial charge on any atom is 0.0633 e. The van der Waals surface area contributed by atoms with Crippen LogP contribution in [0.2, 0.25) is 0 Å². The van der Waals surface area contributed by atoms with Crippen molar-refractivity contribution >= 4 is 0 Å². The lowest BCUT2D eigenvalue weighted by Gasteiger charge is -2.24. The normalized spacial score (nSPS) is 18.4. The fourth-order valence-electron chi connectivity index (χ4n) is 2.34. The minimum atomic E-state index is -3.07. The Hall–Kier alpha value is -0.900. The zero-order valence-electron chi connectivity index (χ0n) is 20.1. The monoisotopic (exact) mass is 314 g/mol. The molecule has 4 N–H and O–H groups in total. The van der Waals surface area contributed by atoms with E-state index in [0.717, 1.165) is 49.7 Å². The van der Waals surface area contributed by atoms with Gasteiger partial charge in [0.15, 0.2) is 0 Å². The van der Waals surface area contributed by atoms with E-state index < -0.39 is 25.5 Å². The Morgan fingerprint density at radius 1 is 0.955 bits per heavy atom. The molecule has 0 aliphatic heterocycles. The summed E-state index contributed by atoms with van der Waals surface area (Å²) in [4.78, 5) is 0. The van der Waals surface area contributed by atoms with E-state index in [9.17, 15) is 10.2 Å². The van der Waals surface area contributed by atoms with Crippen molar-refractivity contribution in [3.63, 3.8) is 0 Å². The van der Waals surface area contributed by atoms with Crippen molar-refractivity contribution in [1.29, 1.82) is 0 Å². The molecule has 1 aromatic rings. The lowest BCUT2D eigenvalue weighted by atomic mass is 9.93. The van der Waals surface area contributed by atoms with Gasteiger partial charge >= 0.3 is 0 Å². The minimum absolute atomic E-state index is 0.209. The van der Waals surface area contributed by atoms with Gasteiger partial charge in [0.1, 0.15) is 0 Å². The third kappa shape index (κ3) is 7.39. The molecule has 0 amide bonds. The van der Waals surface area contributed by atoms with Gasteiger partial charge in [-0.25, -0.2) is 0 Å².